The van der Waals surface area contributed by atoms with Crippen LogP contribution in [0.25, 0.3) is 0 Å². The van der Waals surface area contributed by atoms with Gasteiger partial charge in [-0.2, -0.15) is 9.97 Å². The van der Waals surface area contributed by atoms with Crippen LogP contribution in [0.15, 0.2) is 11.2 Å². The van der Waals surface area contributed by atoms with Crippen LogP contribution in [0.3, 0.4) is 0 Å². The third-order valence-electron chi connectivity index (χ3n) is 1.68. The zero-order valence-corrected chi connectivity index (χ0v) is 11.0. The van der Waals surface area contributed by atoms with Crippen LogP contribution in [0.5, 0.6) is 11.8 Å². The largest absolute Gasteiger partial charge is 0.481 e. The Balaban J connectivity index is 2.70. The van der Waals surface area contributed by atoms with E-state index in [0.29, 0.717) is 16.9 Å². The summed E-state index contributed by atoms with van der Waals surface area (Å²) in [6.45, 7) is 0. The van der Waals surface area contributed by atoms with Gasteiger partial charge in [0.05, 0.1) is 26.0 Å². The smallest absolute Gasteiger partial charge is 0.220 e. The van der Waals surface area contributed by atoms with Crippen molar-refractivity contribution in [1.29, 1.82) is 0 Å². The molecular formula is C8H13N3O4S2. The third-order valence-corrected chi connectivity index (χ3v) is 3.56. The summed E-state index contributed by atoms with van der Waals surface area (Å²) in [5.74, 6) is 0.848. The maximum absolute atomic E-state index is 10.7. The highest BCUT2D eigenvalue weighted by atomic mass is 32.2. The van der Waals surface area contributed by atoms with Gasteiger partial charge in [-0.3, -0.25) is 0 Å². The molecule has 1 heterocycles. The predicted molar refractivity (Wildman–Crippen MR) is 63.8 cm³/mol. The van der Waals surface area contributed by atoms with E-state index in [0.717, 1.165) is 11.8 Å². The zero-order chi connectivity index (χ0) is 12.9. The molecule has 1 aromatic heterocycles. The standard InChI is InChI=1S/C8H13N3O4S2/c1-14-6-5-7(15-2)11-8(10-6)16-3-4-17(9,12)13/h5H,3-4H2,1-2H3,(H2,9,12,13). The Morgan fingerprint density at radius 2 is 1.82 bits per heavy atom. The summed E-state index contributed by atoms with van der Waals surface area (Å²) >= 11 is 1.16. The molecule has 0 amide bonds. The number of ether oxygens (including phenoxy) is 2. The zero-order valence-electron chi connectivity index (χ0n) is 9.41. The van der Waals surface area contributed by atoms with Crippen LogP contribution < -0.4 is 14.6 Å². The van der Waals surface area contributed by atoms with Crippen molar-refractivity contribution in [2.75, 3.05) is 25.7 Å². The number of primary sulfonamides is 1. The Morgan fingerprint density at radius 1 is 1.29 bits per heavy atom. The van der Waals surface area contributed by atoms with E-state index >= 15 is 0 Å². The summed E-state index contributed by atoms with van der Waals surface area (Å²) in [5.41, 5.74) is 0. The van der Waals surface area contributed by atoms with E-state index in [4.69, 9.17) is 14.6 Å². The van der Waals surface area contributed by atoms with Crippen molar-refractivity contribution < 1.29 is 17.9 Å². The van der Waals surface area contributed by atoms with Gasteiger partial charge >= 0.3 is 0 Å². The van der Waals surface area contributed by atoms with Gasteiger partial charge in [0.15, 0.2) is 5.16 Å². The van der Waals surface area contributed by atoms with Crippen LogP contribution in [0.2, 0.25) is 0 Å². The third kappa shape index (κ3) is 5.20. The highest BCUT2D eigenvalue weighted by Gasteiger charge is 2.08. The molecule has 0 spiro atoms. The van der Waals surface area contributed by atoms with Gasteiger partial charge in [-0.25, -0.2) is 13.6 Å². The quantitative estimate of drug-likeness (QED) is 0.571. The molecule has 2 N–H and O–H groups in total. The lowest BCUT2D eigenvalue weighted by Crippen LogP contribution is -2.17. The summed E-state index contributed by atoms with van der Waals surface area (Å²) in [6, 6.07) is 1.53. The summed E-state index contributed by atoms with van der Waals surface area (Å²) in [4.78, 5) is 8.07. The summed E-state index contributed by atoms with van der Waals surface area (Å²) in [5, 5.41) is 5.26. The van der Waals surface area contributed by atoms with Gasteiger partial charge in [-0.1, -0.05) is 11.8 Å². The summed E-state index contributed by atoms with van der Waals surface area (Å²) in [6.07, 6.45) is 0. The van der Waals surface area contributed by atoms with E-state index in [2.05, 4.69) is 9.97 Å². The molecule has 0 saturated heterocycles. The lowest BCUT2D eigenvalue weighted by Gasteiger charge is -2.05. The molecule has 0 saturated carbocycles. The van der Waals surface area contributed by atoms with Crippen LogP contribution in [-0.4, -0.2) is 44.1 Å². The molecule has 0 unspecified atom stereocenters. The molecule has 0 aromatic carbocycles. The van der Waals surface area contributed by atoms with Gasteiger partial charge in [0, 0.05) is 5.75 Å². The number of hydrogen-bond acceptors (Lipinski definition) is 7. The lowest BCUT2D eigenvalue weighted by molar-refractivity contribution is 0.364. The number of methoxy groups -OCH3 is 2. The molecule has 0 radical (unpaired) electrons. The van der Waals surface area contributed by atoms with E-state index in [1.165, 1.54) is 20.3 Å². The molecular weight excluding hydrogens is 266 g/mol. The second kappa shape index (κ2) is 6.03. The summed E-state index contributed by atoms with van der Waals surface area (Å²) < 4.78 is 31.4. The number of thioether (sulfide) groups is 1. The fourth-order valence-corrected chi connectivity index (χ4v) is 2.66. The van der Waals surface area contributed by atoms with Gasteiger partial charge in [-0.05, 0) is 0 Å². The van der Waals surface area contributed by atoms with Crippen molar-refractivity contribution in [3.8, 4) is 11.8 Å². The molecule has 1 rings (SSSR count). The maximum atomic E-state index is 10.7. The number of nitrogens with two attached hydrogens (primary N) is 1. The van der Waals surface area contributed by atoms with Crippen LogP contribution in [0.4, 0.5) is 0 Å². The first-order valence-corrected chi connectivity index (χ1v) is 7.25. The minimum atomic E-state index is -3.46. The Hall–Kier alpha value is -1.06. The molecule has 0 aliphatic rings. The normalized spacial score (nSPS) is 11.2. The molecule has 0 bridgehead atoms. The van der Waals surface area contributed by atoms with Crippen molar-refractivity contribution in [1.82, 2.24) is 9.97 Å². The molecule has 0 aliphatic heterocycles. The van der Waals surface area contributed by atoms with Gasteiger partial charge in [0.25, 0.3) is 0 Å². The maximum Gasteiger partial charge on any atom is 0.220 e. The molecule has 17 heavy (non-hydrogen) atoms. The first-order valence-electron chi connectivity index (χ1n) is 4.55. The Labute approximate surface area is 104 Å². The number of nitrogens with zero attached hydrogens (tertiary/aromatic N) is 2. The monoisotopic (exact) mass is 279 g/mol. The topological polar surface area (TPSA) is 104 Å². The Morgan fingerprint density at radius 3 is 2.24 bits per heavy atom. The van der Waals surface area contributed by atoms with E-state index < -0.39 is 10.0 Å². The molecule has 0 fully saturated rings. The molecule has 7 nitrogen and oxygen atoms in total. The van der Waals surface area contributed by atoms with Crippen molar-refractivity contribution in [3.05, 3.63) is 6.07 Å². The number of hydrogen-bond donors (Lipinski definition) is 1. The van der Waals surface area contributed by atoms with Crippen LogP contribution in [0.1, 0.15) is 0 Å². The average Bonchev–Trinajstić information content (AvgIpc) is 2.26. The highest BCUT2D eigenvalue weighted by Crippen LogP contribution is 2.21. The first-order chi connectivity index (χ1) is 7.94. The van der Waals surface area contributed by atoms with Gasteiger partial charge < -0.3 is 9.47 Å². The Bertz CT molecular complexity index is 455. The number of rotatable bonds is 6. The van der Waals surface area contributed by atoms with Crippen molar-refractivity contribution in [2.24, 2.45) is 5.14 Å². The predicted octanol–water partition coefficient (Wildman–Crippen LogP) is -0.126. The first kappa shape index (κ1) is 14.0. The van der Waals surface area contributed by atoms with Crippen molar-refractivity contribution in [2.45, 2.75) is 5.16 Å². The average molecular weight is 279 g/mol. The Kier molecular flexibility index (Phi) is 4.97. The number of aromatic nitrogens is 2. The van der Waals surface area contributed by atoms with Gasteiger partial charge in [0.1, 0.15) is 0 Å². The van der Waals surface area contributed by atoms with E-state index in [9.17, 15) is 8.42 Å². The van der Waals surface area contributed by atoms with Crippen molar-refractivity contribution in [3.63, 3.8) is 0 Å². The minimum absolute atomic E-state index is 0.138. The molecule has 9 heteroatoms. The lowest BCUT2D eigenvalue weighted by atomic mass is 10.6. The summed E-state index contributed by atoms with van der Waals surface area (Å²) in [7, 11) is -0.519. The van der Waals surface area contributed by atoms with E-state index in [1.54, 1.807) is 0 Å². The second-order valence-corrected chi connectivity index (χ2v) is 5.75. The fraction of sp³-hybridized carbons (Fsp3) is 0.500. The number of sulfonamides is 1. The molecule has 0 atom stereocenters. The molecule has 0 aliphatic carbocycles. The fourth-order valence-electron chi connectivity index (χ4n) is 0.907. The SMILES string of the molecule is COc1cc(OC)nc(SCCS(N)(=O)=O)n1. The van der Waals surface area contributed by atoms with E-state index in [-0.39, 0.29) is 11.5 Å². The second-order valence-electron chi connectivity index (χ2n) is 2.95. The minimum Gasteiger partial charge on any atom is -0.481 e. The van der Waals surface area contributed by atoms with Gasteiger partial charge in [0.2, 0.25) is 21.8 Å². The molecule has 96 valence electrons. The molecule has 1 aromatic rings. The van der Waals surface area contributed by atoms with Crippen LogP contribution in [0, 0.1) is 0 Å². The van der Waals surface area contributed by atoms with E-state index in [1.807, 2.05) is 0 Å². The highest BCUT2D eigenvalue weighted by molar-refractivity contribution is 8.00. The van der Waals surface area contributed by atoms with Crippen LogP contribution >= 0.6 is 11.8 Å². The van der Waals surface area contributed by atoms with Crippen molar-refractivity contribution >= 4 is 21.8 Å². The van der Waals surface area contributed by atoms with Crippen LogP contribution in [-0.2, 0) is 10.0 Å². The van der Waals surface area contributed by atoms with Gasteiger partial charge in [-0.15, -0.1) is 0 Å².